The minimum absolute atomic E-state index is 1.27. The maximum absolute atomic E-state index is 4.16. The van der Waals surface area contributed by atoms with Gasteiger partial charge in [0.05, 0.1) is 0 Å². The molecule has 0 bridgehead atoms. The Morgan fingerprint density at radius 1 is 1.07 bits per heavy atom. The minimum Gasteiger partial charge on any atom is -0.264 e. The molecule has 0 radical (unpaired) electrons. The van der Waals surface area contributed by atoms with E-state index in [1.54, 1.807) is 0 Å². The van der Waals surface area contributed by atoms with Crippen molar-refractivity contribution in [2.45, 2.75) is 6.92 Å². The molecule has 0 saturated carbocycles. The van der Waals surface area contributed by atoms with E-state index in [0.29, 0.717) is 0 Å². The van der Waals surface area contributed by atoms with Gasteiger partial charge in [-0.2, -0.15) is 0 Å². The summed E-state index contributed by atoms with van der Waals surface area (Å²) in [5.74, 6) is 0. The standard InChI is InChI=1S/C12H9NS/c1-8-2-3-9-10-7-13-5-4-11(10)14-12(9)6-8/h2-7H,1H3. The second kappa shape index (κ2) is 2.79. The van der Waals surface area contributed by atoms with Crippen molar-refractivity contribution < 1.29 is 0 Å². The van der Waals surface area contributed by atoms with Crippen LogP contribution in [0.1, 0.15) is 5.56 Å². The maximum atomic E-state index is 4.16. The molecule has 1 nitrogen and oxygen atoms in total. The summed E-state index contributed by atoms with van der Waals surface area (Å²) in [6, 6.07) is 8.65. The van der Waals surface area contributed by atoms with E-state index in [2.05, 4.69) is 36.2 Å². The Morgan fingerprint density at radius 2 is 2.00 bits per heavy atom. The molecule has 3 aromatic rings. The van der Waals surface area contributed by atoms with Gasteiger partial charge < -0.3 is 0 Å². The Morgan fingerprint density at radius 3 is 2.93 bits per heavy atom. The normalized spacial score (nSPS) is 11.2. The third-order valence-electron chi connectivity index (χ3n) is 2.43. The number of aromatic nitrogens is 1. The van der Waals surface area contributed by atoms with Crippen molar-refractivity contribution in [3.63, 3.8) is 0 Å². The third-order valence-corrected chi connectivity index (χ3v) is 3.56. The molecule has 0 amide bonds. The predicted molar refractivity (Wildman–Crippen MR) is 61.9 cm³/mol. The van der Waals surface area contributed by atoms with Crippen LogP contribution in [0.3, 0.4) is 0 Å². The number of nitrogens with zero attached hydrogens (tertiary/aromatic N) is 1. The van der Waals surface area contributed by atoms with Crippen molar-refractivity contribution >= 4 is 31.5 Å². The number of rotatable bonds is 0. The number of aryl methyl sites for hydroxylation is 1. The minimum atomic E-state index is 1.27. The molecular formula is C12H9NS. The van der Waals surface area contributed by atoms with E-state index in [9.17, 15) is 0 Å². The van der Waals surface area contributed by atoms with Gasteiger partial charge in [0.1, 0.15) is 0 Å². The van der Waals surface area contributed by atoms with Gasteiger partial charge in [-0.15, -0.1) is 11.3 Å². The number of benzene rings is 1. The largest absolute Gasteiger partial charge is 0.264 e. The van der Waals surface area contributed by atoms with E-state index >= 15 is 0 Å². The monoisotopic (exact) mass is 199 g/mol. The fourth-order valence-electron chi connectivity index (χ4n) is 1.73. The molecule has 14 heavy (non-hydrogen) atoms. The zero-order chi connectivity index (χ0) is 9.54. The van der Waals surface area contributed by atoms with Crippen molar-refractivity contribution in [3.05, 3.63) is 42.2 Å². The zero-order valence-electron chi connectivity index (χ0n) is 7.82. The van der Waals surface area contributed by atoms with Gasteiger partial charge in [-0.25, -0.2) is 0 Å². The third kappa shape index (κ3) is 1.04. The quantitative estimate of drug-likeness (QED) is 0.537. The van der Waals surface area contributed by atoms with Gasteiger partial charge in [-0.3, -0.25) is 4.98 Å². The van der Waals surface area contributed by atoms with E-state index in [-0.39, 0.29) is 0 Å². The fraction of sp³-hybridized carbons (Fsp3) is 0.0833. The van der Waals surface area contributed by atoms with E-state index < -0.39 is 0 Å². The number of thiophene rings is 1. The molecule has 68 valence electrons. The summed E-state index contributed by atoms with van der Waals surface area (Å²) in [6.45, 7) is 2.13. The van der Waals surface area contributed by atoms with Crippen LogP contribution in [0.2, 0.25) is 0 Å². The van der Waals surface area contributed by atoms with E-state index in [0.717, 1.165) is 0 Å². The Kier molecular flexibility index (Phi) is 1.58. The number of fused-ring (bicyclic) bond motifs is 3. The first-order valence-corrected chi connectivity index (χ1v) is 5.39. The predicted octanol–water partition coefficient (Wildman–Crippen LogP) is 3.76. The molecule has 0 spiro atoms. The van der Waals surface area contributed by atoms with E-state index in [1.807, 2.05) is 23.7 Å². The lowest BCUT2D eigenvalue weighted by Gasteiger charge is -1.92. The zero-order valence-corrected chi connectivity index (χ0v) is 8.64. The average Bonchev–Trinajstić information content (AvgIpc) is 2.54. The van der Waals surface area contributed by atoms with Crippen LogP contribution >= 0.6 is 11.3 Å². The molecular weight excluding hydrogens is 190 g/mol. The molecule has 0 aliphatic heterocycles. The smallest absolute Gasteiger partial charge is 0.0386 e. The molecule has 3 rings (SSSR count). The summed E-state index contributed by atoms with van der Waals surface area (Å²) in [5.41, 5.74) is 1.32. The van der Waals surface area contributed by atoms with Crippen LogP contribution in [-0.4, -0.2) is 4.98 Å². The molecule has 0 atom stereocenters. The highest BCUT2D eigenvalue weighted by molar-refractivity contribution is 7.25. The highest BCUT2D eigenvalue weighted by Crippen LogP contribution is 2.33. The molecule has 0 aliphatic carbocycles. The van der Waals surface area contributed by atoms with Crippen LogP contribution in [0.4, 0.5) is 0 Å². The first-order valence-electron chi connectivity index (χ1n) is 4.57. The molecule has 0 N–H and O–H groups in total. The Bertz CT molecular complexity index is 610. The van der Waals surface area contributed by atoms with Crippen molar-refractivity contribution in [3.8, 4) is 0 Å². The summed E-state index contributed by atoms with van der Waals surface area (Å²) in [4.78, 5) is 4.16. The summed E-state index contributed by atoms with van der Waals surface area (Å²) in [6.07, 6.45) is 3.80. The molecule has 0 fully saturated rings. The van der Waals surface area contributed by atoms with Gasteiger partial charge in [0.25, 0.3) is 0 Å². The lowest BCUT2D eigenvalue weighted by Crippen LogP contribution is -1.70. The lowest BCUT2D eigenvalue weighted by molar-refractivity contribution is 1.37. The van der Waals surface area contributed by atoms with E-state index in [1.165, 1.54) is 25.7 Å². The Balaban J connectivity index is 2.57. The van der Waals surface area contributed by atoms with Gasteiger partial charge in [-0.05, 0) is 24.6 Å². The van der Waals surface area contributed by atoms with Crippen molar-refractivity contribution in [1.82, 2.24) is 4.98 Å². The van der Waals surface area contributed by atoms with Crippen LogP contribution in [0.5, 0.6) is 0 Å². The van der Waals surface area contributed by atoms with Crippen LogP contribution in [-0.2, 0) is 0 Å². The summed E-state index contributed by atoms with van der Waals surface area (Å²) < 4.78 is 2.67. The van der Waals surface area contributed by atoms with Gasteiger partial charge in [-0.1, -0.05) is 12.1 Å². The number of pyridine rings is 1. The van der Waals surface area contributed by atoms with E-state index in [4.69, 9.17) is 0 Å². The molecule has 1 aromatic carbocycles. The Labute approximate surface area is 86.0 Å². The second-order valence-electron chi connectivity index (χ2n) is 3.47. The van der Waals surface area contributed by atoms with Crippen LogP contribution < -0.4 is 0 Å². The topological polar surface area (TPSA) is 12.9 Å². The SMILES string of the molecule is Cc1ccc2c(c1)sc1ccncc12. The Hall–Kier alpha value is -1.41. The summed E-state index contributed by atoms with van der Waals surface area (Å²) in [7, 11) is 0. The fourth-order valence-corrected chi connectivity index (χ4v) is 2.90. The number of hydrogen-bond donors (Lipinski definition) is 0. The van der Waals surface area contributed by atoms with Crippen molar-refractivity contribution in [2.75, 3.05) is 0 Å². The van der Waals surface area contributed by atoms with Gasteiger partial charge in [0.2, 0.25) is 0 Å². The molecule has 2 aromatic heterocycles. The van der Waals surface area contributed by atoms with Crippen LogP contribution in [0.25, 0.3) is 20.2 Å². The first kappa shape index (κ1) is 7.94. The van der Waals surface area contributed by atoms with Gasteiger partial charge in [0.15, 0.2) is 0 Å². The lowest BCUT2D eigenvalue weighted by atomic mass is 10.1. The van der Waals surface area contributed by atoms with Crippen LogP contribution in [0.15, 0.2) is 36.7 Å². The summed E-state index contributed by atoms with van der Waals surface area (Å²) >= 11 is 1.84. The molecule has 0 unspecified atom stereocenters. The van der Waals surface area contributed by atoms with Crippen molar-refractivity contribution in [1.29, 1.82) is 0 Å². The number of hydrogen-bond acceptors (Lipinski definition) is 2. The van der Waals surface area contributed by atoms with Crippen LogP contribution in [0, 0.1) is 6.92 Å². The maximum Gasteiger partial charge on any atom is 0.0386 e. The molecule has 2 heteroatoms. The average molecular weight is 199 g/mol. The van der Waals surface area contributed by atoms with Gasteiger partial charge in [0, 0.05) is 32.6 Å². The molecule has 2 heterocycles. The summed E-state index contributed by atoms with van der Waals surface area (Å²) in [5, 5.41) is 2.59. The highest BCUT2D eigenvalue weighted by Gasteiger charge is 2.03. The highest BCUT2D eigenvalue weighted by atomic mass is 32.1. The second-order valence-corrected chi connectivity index (χ2v) is 4.56. The van der Waals surface area contributed by atoms with Gasteiger partial charge >= 0.3 is 0 Å². The first-order chi connectivity index (χ1) is 6.84. The molecule has 0 saturated heterocycles. The molecule has 0 aliphatic rings. The van der Waals surface area contributed by atoms with Crippen molar-refractivity contribution in [2.24, 2.45) is 0 Å².